The lowest BCUT2D eigenvalue weighted by molar-refractivity contribution is 0.415. The highest BCUT2D eigenvalue weighted by Gasteiger charge is 2.33. The summed E-state index contributed by atoms with van der Waals surface area (Å²) in [7, 11) is -10.5. The molecule has 0 spiro atoms. The van der Waals surface area contributed by atoms with Gasteiger partial charge in [-0.1, -0.05) is 273 Å². The number of rotatable bonds is 14. The molecule has 0 aliphatic heterocycles. The predicted molar refractivity (Wildman–Crippen MR) is 477 cm³/mol. The van der Waals surface area contributed by atoms with E-state index in [1.54, 1.807) is 20.1 Å². The second-order valence-corrected chi connectivity index (χ2v) is 41.7. The van der Waals surface area contributed by atoms with E-state index in [0.717, 1.165) is 22.8 Å². The van der Waals surface area contributed by atoms with Crippen molar-refractivity contribution in [2.75, 3.05) is 25.9 Å². The van der Waals surface area contributed by atoms with Crippen molar-refractivity contribution in [2.45, 2.75) is 133 Å². The van der Waals surface area contributed by atoms with E-state index in [2.05, 4.69) is 326 Å². The summed E-state index contributed by atoms with van der Waals surface area (Å²) in [6.07, 6.45) is 5.40. The molecule has 1 aromatic heterocycles. The Kier molecular flexibility index (Phi) is 35.2. The number of aromatic nitrogens is 3. The third kappa shape index (κ3) is 33.1. The maximum atomic E-state index is 9.08. The van der Waals surface area contributed by atoms with E-state index in [-0.39, 0.29) is 54.8 Å². The zero-order chi connectivity index (χ0) is 85.1. The van der Waals surface area contributed by atoms with Gasteiger partial charge < -0.3 is 23.1 Å². The lowest BCUT2D eigenvalue weighted by atomic mass is 9.87. The van der Waals surface area contributed by atoms with Crippen molar-refractivity contribution in [3.05, 3.63) is 355 Å². The fourth-order valence-electron chi connectivity index (χ4n) is 10.9. The summed E-state index contributed by atoms with van der Waals surface area (Å²) in [5, 5.41) is 2.64. The van der Waals surface area contributed by atoms with Crippen LogP contribution in [0.3, 0.4) is 0 Å². The minimum absolute atomic E-state index is 0.0892. The highest BCUT2D eigenvalue weighted by Crippen LogP contribution is 2.40. The molecule has 14 nitrogen and oxygen atoms in total. The molecular weight excluding hydrogens is 1630 g/mol. The molecule has 0 radical (unpaired) electrons. The van der Waals surface area contributed by atoms with Gasteiger partial charge in [-0.25, -0.2) is 40.2 Å². The van der Waals surface area contributed by atoms with Crippen LogP contribution in [0.2, 0.25) is 0 Å². The molecule has 1 heterocycles. The van der Waals surface area contributed by atoms with Gasteiger partial charge in [0.25, 0.3) is 0 Å². The van der Waals surface area contributed by atoms with Crippen molar-refractivity contribution in [2.24, 2.45) is 0 Å². The second-order valence-electron chi connectivity index (χ2n) is 29.1. The Hall–Kier alpha value is -9.10. The topological polar surface area (TPSA) is 229 Å². The van der Waals surface area contributed by atoms with Gasteiger partial charge in [-0.15, -0.1) is 0 Å². The third-order valence-corrected chi connectivity index (χ3v) is 23.6. The van der Waals surface area contributed by atoms with Gasteiger partial charge in [-0.2, -0.15) is 0 Å². The first-order valence-corrected chi connectivity index (χ1v) is 46.6. The minimum atomic E-state index is -3.92. The van der Waals surface area contributed by atoms with E-state index in [1.165, 1.54) is 71.5 Å². The van der Waals surface area contributed by atoms with Gasteiger partial charge in [0.1, 0.15) is 23.1 Å². The predicted octanol–water partition coefficient (Wildman–Crippen LogP) is 22.9. The Balaban J connectivity index is 0.000000203. The number of hydrogen-bond donors (Lipinski definition) is 0. The van der Waals surface area contributed by atoms with Gasteiger partial charge in [0.05, 0.1) is 70.1 Å². The summed E-state index contributed by atoms with van der Waals surface area (Å²) in [6, 6.07) is 112. The molecular formula is C93H96Cl3N3O11S6. The van der Waals surface area contributed by atoms with Crippen LogP contribution in [0.25, 0.3) is 22.9 Å². The van der Waals surface area contributed by atoms with E-state index in [0.29, 0.717) is 30.4 Å². The average molecular weight is 1730 g/mol. The smallest absolute Gasteiger partial charge is 0.250 e. The van der Waals surface area contributed by atoms with Crippen molar-refractivity contribution in [1.82, 2.24) is 15.0 Å². The van der Waals surface area contributed by atoms with Gasteiger partial charge in [0.2, 0.25) is 3.79 Å². The summed E-state index contributed by atoms with van der Waals surface area (Å²) in [6.45, 7) is 22.2. The molecule has 0 fully saturated rings. The Bertz CT molecular complexity index is 5260. The molecule has 0 aliphatic carbocycles. The summed E-state index contributed by atoms with van der Waals surface area (Å²) in [5.74, 6) is 3.52. The van der Waals surface area contributed by atoms with Crippen LogP contribution in [0.15, 0.2) is 360 Å². The molecule has 23 heteroatoms. The van der Waals surface area contributed by atoms with Crippen LogP contribution in [0.5, 0.6) is 17.2 Å². The van der Waals surface area contributed by atoms with Gasteiger partial charge in [-0.05, 0) is 202 Å². The Morgan fingerprint density at radius 1 is 0.336 bits per heavy atom. The molecule has 606 valence electrons. The Morgan fingerprint density at radius 2 is 0.629 bits per heavy atom. The van der Waals surface area contributed by atoms with E-state index in [1.807, 2.05) is 72.8 Å². The van der Waals surface area contributed by atoms with E-state index < -0.39 is 34.1 Å². The van der Waals surface area contributed by atoms with Crippen molar-refractivity contribution in [1.29, 1.82) is 0 Å². The number of aryl methyl sites for hydroxylation is 1. The van der Waals surface area contributed by atoms with Crippen LogP contribution >= 0.6 is 34.8 Å². The molecule has 12 aromatic carbocycles. The fraction of sp³-hybridized carbons (Fsp3) is 0.194. The van der Waals surface area contributed by atoms with Gasteiger partial charge in [-0.3, -0.25) is 0 Å². The van der Waals surface area contributed by atoms with E-state index in [4.69, 9.17) is 83.2 Å². The Labute approximate surface area is 709 Å². The highest BCUT2D eigenvalue weighted by atomic mass is 35.6. The van der Waals surface area contributed by atoms with Gasteiger partial charge in [0.15, 0.2) is 55.7 Å². The molecule has 0 aliphatic rings. The summed E-state index contributed by atoms with van der Waals surface area (Å²) >= 11 is 17.4. The average Bonchev–Trinajstić information content (AvgIpc) is 0.781. The second kappa shape index (κ2) is 43.4. The number of benzene rings is 12. The lowest BCUT2D eigenvalue weighted by Gasteiger charge is -2.21. The first kappa shape index (κ1) is 94.1. The van der Waals surface area contributed by atoms with Crippen LogP contribution in [0, 0.1) is 6.92 Å². The zero-order valence-electron chi connectivity index (χ0n) is 67.1. The van der Waals surface area contributed by atoms with E-state index in [9.17, 15) is 0 Å². The molecule has 116 heavy (non-hydrogen) atoms. The van der Waals surface area contributed by atoms with Crippen LogP contribution in [0.1, 0.15) is 102 Å². The van der Waals surface area contributed by atoms with Crippen LogP contribution in [0.4, 0.5) is 0 Å². The molecule has 0 bridgehead atoms. The number of alkyl halides is 3. The highest BCUT2D eigenvalue weighted by molar-refractivity contribution is 7.97. The molecule has 13 aromatic rings. The number of ether oxygens (including phenoxy) is 2. The number of nitrogens with zero attached hydrogens (tertiary/aromatic N) is 3. The SMILES string of the molecule is CC(C)(C)c1ccc([S+](c2ccc(C(C)(C)C)cc2)c2ccc(C(C)(C)C)cc2)cc1.COc1ccc(/C=C/c2nc(C)nc(C(Cl)(Cl)Cl)n2)cc1.CS(=O)(=O)[O-].CS(=O)(=O)[O-].CS(=O)(=O)[O-].c1ccc(Oc2ccc([S+](c3ccccc3)c3ccccc3)cc2)cc1.c1ccc([S+](c2ccccc2)c2cccc3ccccc23)cc1. The van der Waals surface area contributed by atoms with Crippen molar-refractivity contribution in [3.63, 3.8) is 0 Å². The maximum absolute atomic E-state index is 9.08. The molecule has 13 rings (SSSR count). The quantitative estimate of drug-likeness (QED) is 0.0560. The first-order valence-electron chi connectivity index (χ1n) is 36.4. The largest absolute Gasteiger partial charge is 0.748 e. The van der Waals surface area contributed by atoms with Crippen molar-refractivity contribution >= 4 is 121 Å². The lowest BCUT2D eigenvalue weighted by Crippen LogP contribution is -2.13. The normalized spacial score (nSPS) is 11.7. The molecule has 0 unspecified atom stereocenters. The first-order chi connectivity index (χ1) is 54.5. The van der Waals surface area contributed by atoms with E-state index >= 15 is 0 Å². The number of fused-ring (bicyclic) bond motifs is 1. The van der Waals surface area contributed by atoms with Crippen LogP contribution < -0.4 is 9.47 Å². The number of para-hydroxylation sites is 1. The van der Waals surface area contributed by atoms with Crippen molar-refractivity contribution in [3.8, 4) is 17.2 Å². The fourth-order valence-corrected chi connectivity index (χ4v) is 17.6. The molecule has 0 N–H and O–H groups in total. The number of halogens is 3. The van der Waals surface area contributed by atoms with Gasteiger partial charge >= 0.3 is 0 Å². The van der Waals surface area contributed by atoms with Crippen molar-refractivity contribution < 1.29 is 48.4 Å². The zero-order valence-corrected chi connectivity index (χ0v) is 74.3. The van der Waals surface area contributed by atoms with Crippen LogP contribution in [-0.4, -0.2) is 79.7 Å². The Morgan fingerprint density at radius 3 is 0.974 bits per heavy atom. The van der Waals surface area contributed by atoms with Crippen LogP contribution in [-0.2, 0) is 83.1 Å². The van der Waals surface area contributed by atoms with Gasteiger partial charge in [0, 0.05) is 24.2 Å². The molecule has 0 amide bonds. The molecule has 0 saturated heterocycles. The molecule has 0 atom stereocenters. The maximum Gasteiger partial charge on any atom is 0.250 e. The summed E-state index contributed by atoms with van der Waals surface area (Å²) < 4.78 is 91.0. The molecule has 0 saturated carbocycles. The summed E-state index contributed by atoms with van der Waals surface area (Å²) in [4.78, 5) is 24.5. The minimum Gasteiger partial charge on any atom is -0.748 e. The number of methoxy groups -OCH3 is 1. The summed E-state index contributed by atoms with van der Waals surface area (Å²) in [5.41, 5.74) is 5.62. The number of hydrogen-bond acceptors (Lipinski definition) is 14. The third-order valence-electron chi connectivity index (χ3n) is 16.4. The standard InChI is InChI=1S/C30H39S.C24H19OS.C22H17S.C14H12Cl3N3O.3CH4O3S/c1-28(2,3)22-10-16-25(17-11-22)31(26-18-12-23(13-19-26)29(4,5)6)27-20-14-24(15-21-27)30(7,8)9;1-4-10-20(11-5-1)25-21-16-18-24(19-17-21)26(22-12-6-2-7-13-22)23-14-8-3-9-15-23;1-3-12-19(13-4-1)23(20-14-5-2-6-15-20)22-17-9-11-18-10-7-8-16-21(18)22;1-9-18-12(20-13(19-9)14(15,16)17)8-5-10-3-6-11(21-2)7-4-10;3*1-5(2,3)4/h10-21H,1-9H3;1-19H;1-17H;3-8H,1-2H3;3*1H3,(H,2,3,4)/q3*+1;;;;/p-3/b;;;8-5+;;;. The monoisotopic (exact) mass is 1730 g/mol.